The van der Waals surface area contributed by atoms with E-state index in [4.69, 9.17) is 4.74 Å². The number of hydrogen-bond acceptors (Lipinski definition) is 4. The molecule has 88 valence electrons. The van der Waals surface area contributed by atoms with Gasteiger partial charge in [0.15, 0.2) is 11.6 Å². The first-order valence-corrected chi connectivity index (χ1v) is 4.28. The van der Waals surface area contributed by atoms with Gasteiger partial charge in [-0.05, 0) is 12.1 Å². The molecule has 0 unspecified atom stereocenters. The Hall–Kier alpha value is -1.76. The van der Waals surface area contributed by atoms with Gasteiger partial charge < -0.3 is 9.84 Å². The van der Waals surface area contributed by atoms with Crippen LogP contribution in [0.1, 0.15) is 6.92 Å². The average Bonchev–Trinajstić information content (AvgIpc) is 2.08. The zero-order valence-corrected chi connectivity index (χ0v) is 8.31. The summed E-state index contributed by atoms with van der Waals surface area (Å²) in [6, 6.07) is 2.56. The summed E-state index contributed by atoms with van der Waals surface area (Å²) >= 11 is 0. The predicted octanol–water partition coefficient (Wildman–Crippen LogP) is 1.33. The third-order valence-corrected chi connectivity index (χ3v) is 1.65. The number of aliphatic hydroxyl groups is 1. The summed E-state index contributed by atoms with van der Waals surface area (Å²) in [5.74, 6) is -4.49. The lowest BCUT2D eigenvalue weighted by atomic mass is 10.3. The van der Waals surface area contributed by atoms with E-state index in [9.17, 15) is 24.0 Å². The fourth-order valence-electron chi connectivity index (χ4n) is 1.07. The number of rotatable bonds is 4. The lowest BCUT2D eigenvalue weighted by molar-refractivity contribution is -0.512. The van der Waals surface area contributed by atoms with Gasteiger partial charge in [-0.25, -0.2) is 8.78 Å². The van der Waals surface area contributed by atoms with Gasteiger partial charge in [-0.3, -0.25) is 10.1 Å². The van der Waals surface area contributed by atoms with E-state index in [2.05, 4.69) is 0 Å². The summed E-state index contributed by atoms with van der Waals surface area (Å²) in [7, 11) is 0. The maximum atomic E-state index is 12.7. The van der Waals surface area contributed by atoms with E-state index in [1.54, 1.807) is 0 Å². The smallest absolute Gasteiger partial charge is 0.270 e. The van der Waals surface area contributed by atoms with Crippen molar-refractivity contribution >= 4 is 0 Å². The van der Waals surface area contributed by atoms with E-state index >= 15 is 0 Å². The Kier molecular flexibility index (Phi) is 3.38. The van der Waals surface area contributed by atoms with Crippen LogP contribution in [0.2, 0.25) is 0 Å². The number of hydrogen-bond donors (Lipinski definition) is 1. The summed E-state index contributed by atoms with van der Waals surface area (Å²) in [5, 5.41) is 19.6. The molecule has 1 rings (SSSR count). The molecule has 0 radical (unpaired) electrons. The van der Waals surface area contributed by atoms with Crippen molar-refractivity contribution in [1.29, 1.82) is 0 Å². The maximum absolute atomic E-state index is 12.7. The van der Waals surface area contributed by atoms with E-state index in [1.165, 1.54) is 0 Å². The first-order valence-electron chi connectivity index (χ1n) is 4.28. The van der Waals surface area contributed by atoms with Gasteiger partial charge in [0.05, 0.1) is 0 Å². The molecule has 0 aliphatic carbocycles. The molecule has 0 saturated carbocycles. The second-order valence-corrected chi connectivity index (χ2v) is 3.34. The van der Waals surface area contributed by atoms with Gasteiger partial charge in [0.1, 0.15) is 5.75 Å². The summed E-state index contributed by atoms with van der Waals surface area (Å²) in [5.41, 5.74) is 0. The molecule has 16 heavy (non-hydrogen) atoms. The summed E-state index contributed by atoms with van der Waals surface area (Å²) < 4.78 is 30.0. The minimum absolute atomic E-state index is 0.189. The van der Waals surface area contributed by atoms with Crippen molar-refractivity contribution in [3.8, 4) is 5.75 Å². The largest absolute Gasteiger partial charge is 0.456 e. The molecular formula is C9H9F2NO4. The van der Waals surface area contributed by atoms with Crippen LogP contribution >= 0.6 is 0 Å². The van der Waals surface area contributed by atoms with Crippen molar-refractivity contribution in [3.05, 3.63) is 39.9 Å². The highest BCUT2D eigenvalue weighted by Gasteiger charge is 2.29. The van der Waals surface area contributed by atoms with Gasteiger partial charge >= 0.3 is 0 Å². The minimum atomic E-state index is -2.08. The van der Waals surface area contributed by atoms with Gasteiger partial charge in [0, 0.05) is 17.9 Å². The monoisotopic (exact) mass is 233 g/mol. The molecular weight excluding hydrogens is 224 g/mol. The fraction of sp³-hybridized carbons (Fsp3) is 0.333. The first-order chi connectivity index (χ1) is 7.30. The van der Waals surface area contributed by atoms with Gasteiger partial charge in [0.25, 0.3) is 12.3 Å². The van der Waals surface area contributed by atoms with E-state index < -0.39 is 28.9 Å². The van der Waals surface area contributed by atoms with Crippen molar-refractivity contribution in [2.24, 2.45) is 0 Å². The summed E-state index contributed by atoms with van der Waals surface area (Å²) in [6.45, 7) is 0.184. The van der Waals surface area contributed by atoms with Gasteiger partial charge in [-0.1, -0.05) is 0 Å². The molecule has 0 saturated heterocycles. The molecule has 0 aliphatic rings. The van der Waals surface area contributed by atoms with Crippen LogP contribution < -0.4 is 4.74 Å². The molecule has 0 heterocycles. The summed E-state index contributed by atoms with van der Waals surface area (Å²) in [4.78, 5) is 9.38. The van der Waals surface area contributed by atoms with Crippen LogP contribution in [-0.2, 0) is 0 Å². The zero-order chi connectivity index (χ0) is 12.3. The molecule has 1 aromatic carbocycles. The standard InChI is InChI=1S/C9H9F2NO4/c1-9(13,5-12(14)15)16-6-2-3-7(10)8(11)4-6/h2-4,13H,5H2,1H3/t9-/m1/s1. The minimum Gasteiger partial charge on any atom is -0.456 e. The number of ether oxygens (including phenoxy) is 1. The Morgan fingerprint density at radius 1 is 1.50 bits per heavy atom. The molecule has 0 fully saturated rings. The molecule has 0 aliphatic heterocycles. The highest BCUT2D eigenvalue weighted by Crippen LogP contribution is 2.19. The number of benzene rings is 1. The number of nitrogens with zero attached hydrogens (tertiary/aromatic N) is 1. The molecule has 1 N–H and O–H groups in total. The quantitative estimate of drug-likeness (QED) is 0.483. The molecule has 7 heteroatoms. The second kappa shape index (κ2) is 4.40. The molecule has 0 bridgehead atoms. The predicted molar refractivity (Wildman–Crippen MR) is 49.5 cm³/mol. The van der Waals surface area contributed by atoms with Crippen LogP contribution in [0.25, 0.3) is 0 Å². The topological polar surface area (TPSA) is 72.6 Å². The van der Waals surface area contributed by atoms with Gasteiger partial charge in [0.2, 0.25) is 0 Å². The second-order valence-electron chi connectivity index (χ2n) is 3.34. The zero-order valence-electron chi connectivity index (χ0n) is 8.31. The number of nitro groups is 1. The van der Waals surface area contributed by atoms with Crippen LogP contribution in [0.4, 0.5) is 8.78 Å². The Morgan fingerprint density at radius 3 is 2.62 bits per heavy atom. The SMILES string of the molecule is C[C@](O)(C[N+](=O)[O-])Oc1ccc(F)c(F)c1. The Morgan fingerprint density at radius 2 is 2.12 bits per heavy atom. The third-order valence-electron chi connectivity index (χ3n) is 1.65. The highest BCUT2D eigenvalue weighted by atomic mass is 19.2. The van der Waals surface area contributed by atoms with Crippen molar-refractivity contribution in [1.82, 2.24) is 0 Å². The Bertz CT molecular complexity index is 408. The highest BCUT2D eigenvalue weighted by molar-refractivity contribution is 5.24. The molecule has 5 nitrogen and oxygen atoms in total. The first kappa shape index (κ1) is 12.3. The average molecular weight is 233 g/mol. The third kappa shape index (κ3) is 3.43. The molecule has 0 aromatic heterocycles. The van der Waals surface area contributed by atoms with Crippen molar-refractivity contribution in [3.63, 3.8) is 0 Å². The van der Waals surface area contributed by atoms with E-state index in [-0.39, 0.29) is 5.75 Å². The van der Waals surface area contributed by atoms with Crippen LogP contribution in [0.3, 0.4) is 0 Å². The van der Waals surface area contributed by atoms with Crippen molar-refractivity contribution < 1.29 is 23.5 Å². The lowest BCUT2D eigenvalue weighted by Crippen LogP contribution is -2.39. The maximum Gasteiger partial charge on any atom is 0.270 e. The van der Waals surface area contributed by atoms with Crippen molar-refractivity contribution in [2.45, 2.75) is 12.7 Å². The molecule has 1 aromatic rings. The van der Waals surface area contributed by atoms with Crippen LogP contribution in [0.5, 0.6) is 5.75 Å². The summed E-state index contributed by atoms with van der Waals surface area (Å²) in [6.07, 6.45) is 0. The van der Waals surface area contributed by atoms with E-state index in [0.29, 0.717) is 6.07 Å². The molecule has 0 amide bonds. The molecule has 1 atom stereocenters. The molecule has 0 spiro atoms. The Labute approximate surface area is 89.4 Å². The fourth-order valence-corrected chi connectivity index (χ4v) is 1.07. The van der Waals surface area contributed by atoms with Gasteiger partial charge in [-0.2, -0.15) is 0 Å². The van der Waals surface area contributed by atoms with E-state index in [1.807, 2.05) is 0 Å². The normalized spacial score (nSPS) is 14.2. The van der Waals surface area contributed by atoms with Gasteiger partial charge in [-0.15, -0.1) is 0 Å². The van der Waals surface area contributed by atoms with Crippen LogP contribution in [-0.4, -0.2) is 22.4 Å². The number of halogens is 2. The van der Waals surface area contributed by atoms with Crippen LogP contribution in [0, 0.1) is 21.7 Å². The van der Waals surface area contributed by atoms with E-state index in [0.717, 1.165) is 19.1 Å². The Balaban J connectivity index is 2.79. The van der Waals surface area contributed by atoms with Crippen LogP contribution in [0.15, 0.2) is 18.2 Å². The van der Waals surface area contributed by atoms with Crippen molar-refractivity contribution in [2.75, 3.05) is 6.54 Å². The lowest BCUT2D eigenvalue weighted by Gasteiger charge is -2.20.